The van der Waals surface area contributed by atoms with E-state index in [0.717, 1.165) is 0 Å². The number of carbonyl (C=O) groups excluding carboxylic acids is 3. The first kappa shape index (κ1) is 24.0. The van der Waals surface area contributed by atoms with Gasteiger partial charge in [0.2, 0.25) is 17.7 Å². The van der Waals surface area contributed by atoms with Crippen molar-refractivity contribution in [3.63, 3.8) is 0 Å². The molecule has 2 saturated heterocycles. The summed E-state index contributed by atoms with van der Waals surface area (Å²) in [5.74, 6) is -2.46. The largest absolute Gasteiger partial charge is 0.480 e. The number of aliphatic carboxylic acids is 1. The van der Waals surface area contributed by atoms with Crippen LogP contribution in [0.4, 0.5) is 0 Å². The molecule has 0 spiro atoms. The number of carboxylic acid groups (broad SMARTS) is 1. The van der Waals surface area contributed by atoms with Crippen LogP contribution in [0.3, 0.4) is 0 Å². The van der Waals surface area contributed by atoms with E-state index < -0.39 is 54.5 Å². The summed E-state index contributed by atoms with van der Waals surface area (Å²) >= 11 is 0. The third-order valence-corrected chi connectivity index (χ3v) is 5.73. The highest BCUT2D eigenvalue weighted by Gasteiger charge is 2.40. The zero-order valence-corrected chi connectivity index (χ0v) is 17.2. The number of carbonyl (C=O) groups is 4. The van der Waals surface area contributed by atoms with Gasteiger partial charge in [0.15, 0.2) is 0 Å². The minimum absolute atomic E-state index is 0.332. The van der Waals surface area contributed by atoms with Gasteiger partial charge in [0, 0.05) is 13.1 Å². The molecule has 2 rings (SSSR count). The van der Waals surface area contributed by atoms with Crippen LogP contribution in [0.1, 0.15) is 44.9 Å². The quantitative estimate of drug-likeness (QED) is 0.248. The Hall–Kier alpha value is -2.24. The van der Waals surface area contributed by atoms with Gasteiger partial charge in [-0.2, -0.15) is 0 Å². The standard InChI is InChI=1S/C19H33N5O6/c20-8-2-1-5-13(18(28)24-10-4-7-15(24)19(29)30)22-16(26)14-6-3-9-23(14)17(27)12(21)11-25/h12-15,25H,1-11,20-21H2,(H,22,26)(H,29,30). The number of nitrogens with two attached hydrogens (primary N) is 2. The zero-order chi connectivity index (χ0) is 22.3. The van der Waals surface area contributed by atoms with E-state index in [1.165, 1.54) is 9.80 Å². The Balaban J connectivity index is 2.11. The van der Waals surface area contributed by atoms with Crippen molar-refractivity contribution in [2.75, 3.05) is 26.2 Å². The van der Waals surface area contributed by atoms with Gasteiger partial charge >= 0.3 is 5.97 Å². The monoisotopic (exact) mass is 427 g/mol. The Morgan fingerprint density at radius 1 is 1.00 bits per heavy atom. The summed E-state index contributed by atoms with van der Waals surface area (Å²) in [6.07, 6.45) is 3.62. The number of aliphatic hydroxyl groups is 1. The van der Waals surface area contributed by atoms with E-state index in [2.05, 4.69) is 5.32 Å². The van der Waals surface area contributed by atoms with Gasteiger partial charge < -0.3 is 36.8 Å². The van der Waals surface area contributed by atoms with Crippen molar-refractivity contribution in [3.8, 4) is 0 Å². The van der Waals surface area contributed by atoms with Crippen molar-refractivity contribution in [2.45, 2.75) is 69.1 Å². The maximum atomic E-state index is 13.1. The Morgan fingerprint density at radius 2 is 1.60 bits per heavy atom. The lowest BCUT2D eigenvalue weighted by Gasteiger charge is -2.30. The molecule has 170 valence electrons. The van der Waals surface area contributed by atoms with E-state index in [1.54, 1.807) is 0 Å². The highest BCUT2D eigenvalue weighted by molar-refractivity contribution is 5.94. The molecule has 4 unspecified atom stereocenters. The molecule has 0 aliphatic carbocycles. The van der Waals surface area contributed by atoms with Gasteiger partial charge in [-0.3, -0.25) is 14.4 Å². The average molecular weight is 428 g/mol. The van der Waals surface area contributed by atoms with Crippen LogP contribution >= 0.6 is 0 Å². The van der Waals surface area contributed by atoms with Crippen LogP contribution in [0.2, 0.25) is 0 Å². The molecule has 2 fully saturated rings. The molecular weight excluding hydrogens is 394 g/mol. The lowest BCUT2D eigenvalue weighted by Crippen LogP contribution is -2.57. The average Bonchev–Trinajstić information content (AvgIpc) is 3.41. The second kappa shape index (κ2) is 11.2. The van der Waals surface area contributed by atoms with Crippen molar-refractivity contribution in [2.24, 2.45) is 11.5 Å². The lowest BCUT2D eigenvalue weighted by atomic mass is 10.1. The fraction of sp³-hybridized carbons (Fsp3) is 0.789. The topological polar surface area (TPSA) is 179 Å². The SMILES string of the molecule is NCCCCC(NC(=O)C1CCCN1C(=O)C(N)CO)C(=O)N1CCCC1C(=O)O. The van der Waals surface area contributed by atoms with Crippen molar-refractivity contribution in [3.05, 3.63) is 0 Å². The van der Waals surface area contributed by atoms with Gasteiger partial charge in [-0.1, -0.05) is 0 Å². The third kappa shape index (κ3) is 5.67. The van der Waals surface area contributed by atoms with Crippen molar-refractivity contribution in [1.82, 2.24) is 15.1 Å². The Morgan fingerprint density at radius 3 is 2.17 bits per heavy atom. The van der Waals surface area contributed by atoms with Crippen molar-refractivity contribution >= 4 is 23.7 Å². The van der Waals surface area contributed by atoms with Gasteiger partial charge in [0.1, 0.15) is 24.2 Å². The molecule has 4 atom stereocenters. The molecule has 0 radical (unpaired) electrons. The number of carboxylic acids is 1. The molecule has 11 nitrogen and oxygen atoms in total. The van der Waals surface area contributed by atoms with E-state index in [0.29, 0.717) is 64.6 Å². The molecule has 11 heteroatoms. The van der Waals surface area contributed by atoms with E-state index in [1.807, 2.05) is 0 Å². The van der Waals surface area contributed by atoms with Crippen LogP contribution in [-0.2, 0) is 19.2 Å². The maximum absolute atomic E-state index is 13.1. The minimum Gasteiger partial charge on any atom is -0.480 e. The molecule has 7 N–H and O–H groups in total. The molecule has 0 aromatic carbocycles. The number of aliphatic hydroxyl groups excluding tert-OH is 1. The minimum atomic E-state index is -1.10. The number of hydrogen-bond acceptors (Lipinski definition) is 7. The Kier molecular flexibility index (Phi) is 9.00. The van der Waals surface area contributed by atoms with Crippen LogP contribution in [0.25, 0.3) is 0 Å². The highest BCUT2D eigenvalue weighted by atomic mass is 16.4. The summed E-state index contributed by atoms with van der Waals surface area (Å²) in [6.45, 7) is 0.609. The van der Waals surface area contributed by atoms with E-state index in [-0.39, 0.29) is 0 Å². The van der Waals surface area contributed by atoms with E-state index in [9.17, 15) is 24.3 Å². The molecule has 2 heterocycles. The first-order valence-corrected chi connectivity index (χ1v) is 10.5. The number of nitrogens with zero attached hydrogens (tertiary/aromatic N) is 2. The van der Waals surface area contributed by atoms with Crippen molar-refractivity contribution in [1.29, 1.82) is 0 Å². The van der Waals surface area contributed by atoms with Crippen LogP contribution < -0.4 is 16.8 Å². The molecule has 2 aliphatic rings. The van der Waals surface area contributed by atoms with Crippen LogP contribution in [0.5, 0.6) is 0 Å². The predicted octanol–water partition coefficient (Wildman–Crippen LogP) is -2.01. The molecule has 0 aromatic heterocycles. The molecule has 2 aliphatic heterocycles. The summed E-state index contributed by atoms with van der Waals surface area (Å²) in [6, 6.07) is -3.64. The summed E-state index contributed by atoms with van der Waals surface area (Å²) in [5, 5.41) is 21.3. The summed E-state index contributed by atoms with van der Waals surface area (Å²) in [7, 11) is 0. The number of rotatable bonds is 10. The van der Waals surface area contributed by atoms with Gasteiger partial charge in [-0.15, -0.1) is 0 Å². The van der Waals surface area contributed by atoms with Crippen LogP contribution in [0, 0.1) is 0 Å². The first-order valence-electron chi connectivity index (χ1n) is 10.5. The molecule has 3 amide bonds. The molecular formula is C19H33N5O6. The summed E-state index contributed by atoms with van der Waals surface area (Å²) in [4.78, 5) is 52.5. The lowest BCUT2D eigenvalue weighted by molar-refractivity contribution is -0.150. The second-order valence-corrected chi connectivity index (χ2v) is 7.85. The fourth-order valence-corrected chi connectivity index (χ4v) is 4.10. The molecule has 0 saturated carbocycles. The van der Waals surface area contributed by atoms with E-state index >= 15 is 0 Å². The first-order chi connectivity index (χ1) is 14.3. The summed E-state index contributed by atoms with van der Waals surface area (Å²) < 4.78 is 0. The number of likely N-dealkylation sites (tertiary alicyclic amines) is 2. The maximum Gasteiger partial charge on any atom is 0.326 e. The van der Waals surface area contributed by atoms with Gasteiger partial charge in [-0.25, -0.2) is 4.79 Å². The number of nitrogens with one attached hydrogen (secondary N) is 1. The molecule has 0 bridgehead atoms. The van der Waals surface area contributed by atoms with E-state index in [4.69, 9.17) is 16.6 Å². The number of hydrogen-bond donors (Lipinski definition) is 5. The second-order valence-electron chi connectivity index (χ2n) is 7.85. The van der Waals surface area contributed by atoms with Gasteiger partial charge in [0.05, 0.1) is 6.61 Å². The summed E-state index contributed by atoms with van der Waals surface area (Å²) in [5.41, 5.74) is 11.1. The zero-order valence-electron chi connectivity index (χ0n) is 17.2. The Bertz CT molecular complexity index is 645. The third-order valence-electron chi connectivity index (χ3n) is 5.73. The van der Waals surface area contributed by atoms with Crippen molar-refractivity contribution < 1.29 is 29.4 Å². The normalized spacial score (nSPS) is 23.3. The number of unbranched alkanes of at least 4 members (excludes halogenated alkanes) is 1. The predicted molar refractivity (Wildman–Crippen MR) is 107 cm³/mol. The number of amides is 3. The fourth-order valence-electron chi connectivity index (χ4n) is 4.10. The van der Waals surface area contributed by atoms with Crippen LogP contribution in [-0.4, -0.2) is 94.1 Å². The molecule has 0 aromatic rings. The van der Waals surface area contributed by atoms with Gasteiger partial charge in [-0.05, 0) is 51.5 Å². The smallest absolute Gasteiger partial charge is 0.326 e. The van der Waals surface area contributed by atoms with Crippen LogP contribution in [0.15, 0.2) is 0 Å². The Labute approximate surface area is 175 Å². The highest BCUT2D eigenvalue weighted by Crippen LogP contribution is 2.22. The van der Waals surface area contributed by atoms with Gasteiger partial charge in [0.25, 0.3) is 0 Å². The molecule has 30 heavy (non-hydrogen) atoms.